The Bertz CT molecular complexity index is 1390. The van der Waals surface area contributed by atoms with Crippen molar-refractivity contribution in [2.45, 2.75) is 70.4 Å². The van der Waals surface area contributed by atoms with Gasteiger partial charge in [0.2, 0.25) is 5.91 Å². The minimum absolute atomic E-state index is 0.0134. The first-order valence-electron chi connectivity index (χ1n) is 15.5. The number of phenols is 1. The molecule has 0 aromatic heterocycles. The molecule has 2 aromatic carbocycles. The molecule has 1 unspecified atom stereocenters. The molecular formula is C35H43N3O4. The molecule has 0 spiro atoms. The second-order valence-corrected chi connectivity index (χ2v) is 13.3. The number of nitrogens with zero attached hydrogens (tertiary/aromatic N) is 2. The molecule has 42 heavy (non-hydrogen) atoms. The zero-order valence-corrected chi connectivity index (χ0v) is 25.0. The highest BCUT2D eigenvalue weighted by atomic mass is 16.6. The number of allylic oxidation sites excluding steroid dienone is 3. The van der Waals surface area contributed by atoms with Crippen LogP contribution in [0.15, 0.2) is 72.0 Å². The number of piperidine rings is 1. The van der Waals surface area contributed by atoms with Gasteiger partial charge in [0, 0.05) is 43.8 Å². The van der Waals surface area contributed by atoms with E-state index in [2.05, 4.69) is 40.6 Å². The average Bonchev–Trinajstić information content (AvgIpc) is 3.74. The molecule has 1 saturated carbocycles. The number of amides is 2. The van der Waals surface area contributed by atoms with Gasteiger partial charge in [-0.2, -0.15) is 0 Å². The Hall–Kier alpha value is -3.74. The molecule has 7 heteroatoms. The molecule has 2 heterocycles. The first-order valence-corrected chi connectivity index (χ1v) is 15.5. The third-order valence-corrected chi connectivity index (χ3v) is 8.99. The number of aromatic hydroxyl groups is 1. The summed E-state index contributed by atoms with van der Waals surface area (Å²) < 4.78 is 5.74. The topological polar surface area (TPSA) is 82.1 Å². The Morgan fingerprint density at radius 2 is 1.86 bits per heavy atom. The smallest absolute Gasteiger partial charge is 0.410 e. The summed E-state index contributed by atoms with van der Waals surface area (Å²) in [5.41, 5.74) is 5.27. The van der Waals surface area contributed by atoms with E-state index in [0.717, 1.165) is 48.9 Å². The summed E-state index contributed by atoms with van der Waals surface area (Å²) in [6.45, 7) is 8.11. The summed E-state index contributed by atoms with van der Waals surface area (Å²) in [4.78, 5) is 31.7. The predicted octanol–water partition coefficient (Wildman–Crippen LogP) is 6.21. The Labute approximate surface area is 249 Å². The summed E-state index contributed by atoms with van der Waals surface area (Å²) in [5, 5.41) is 13.4. The summed E-state index contributed by atoms with van der Waals surface area (Å²) in [6, 6.07) is 15.9. The number of phenolic OH excluding ortho intramolecular Hbond substituents is 1. The molecule has 3 atom stereocenters. The lowest BCUT2D eigenvalue weighted by molar-refractivity contribution is -0.139. The van der Waals surface area contributed by atoms with E-state index in [9.17, 15) is 14.7 Å². The van der Waals surface area contributed by atoms with Gasteiger partial charge in [-0.15, -0.1) is 0 Å². The zero-order valence-electron chi connectivity index (χ0n) is 25.0. The van der Waals surface area contributed by atoms with Gasteiger partial charge < -0.3 is 25.0 Å². The molecule has 7 nitrogen and oxygen atoms in total. The molecule has 2 aliphatic heterocycles. The van der Waals surface area contributed by atoms with Crippen LogP contribution in [-0.4, -0.2) is 64.7 Å². The van der Waals surface area contributed by atoms with E-state index in [-0.39, 0.29) is 35.6 Å². The molecule has 6 rings (SSSR count). The van der Waals surface area contributed by atoms with Crippen molar-refractivity contribution < 1.29 is 19.4 Å². The van der Waals surface area contributed by atoms with Crippen LogP contribution in [0.1, 0.15) is 64.4 Å². The van der Waals surface area contributed by atoms with E-state index in [4.69, 9.17) is 4.74 Å². The molecule has 4 aliphatic rings. The van der Waals surface area contributed by atoms with E-state index in [1.807, 2.05) is 39.0 Å². The predicted molar refractivity (Wildman–Crippen MR) is 164 cm³/mol. The first kappa shape index (κ1) is 28.4. The summed E-state index contributed by atoms with van der Waals surface area (Å²) >= 11 is 0. The summed E-state index contributed by atoms with van der Waals surface area (Å²) in [5.74, 6) is 0.314. The number of carbonyl (C=O) groups excluding carboxylic acids is 2. The van der Waals surface area contributed by atoms with E-state index >= 15 is 0 Å². The van der Waals surface area contributed by atoms with E-state index in [1.165, 1.54) is 11.3 Å². The maximum absolute atomic E-state index is 14.6. The molecule has 222 valence electrons. The molecule has 1 saturated heterocycles. The van der Waals surface area contributed by atoms with Gasteiger partial charge in [-0.25, -0.2) is 4.79 Å². The number of rotatable bonds is 6. The van der Waals surface area contributed by atoms with Gasteiger partial charge in [0.15, 0.2) is 0 Å². The fraction of sp³-hybridized carbons (Fsp3) is 0.486. The quantitative estimate of drug-likeness (QED) is 0.432. The SMILES string of the molecule is CC(C)(C)OC(=O)N1CC[C@H](c2cccc(-c3ccc(O)cc3)c2)[C@@H](C(=O)N(CC2CNC3=C2C=CCC3)C2CC2)C1. The highest BCUT2D eigenvalue weighted by Gasteiger charge is 2.44. The maximum atomic E-state index is 14.6. The van der Waals surface area contributed by atoms with E-state index in [0.29, 0.717) is 32.0 Å². The summed E-state index contributed by atoms with van der Waals surface area (Å²) in [7, 11) is 0. The van der Waals surface area contributed by atoms with Gasteiger partial charge in [0.1, 0.15) is 11.4 Å². The Kier molecular flexibility index (Phi) is 7.77. The van der Waals surface area contributed by atoms with Gasteiger partial charge in [0.25, 0.3) is 0 Å². The average molecular weight is 570 g/mol. The second kappa shape index (κ2) is 11.5. The largest absolute Gasteiger partial charge is 0.508 e. The van der Waals surface area contributed by atoms with Crippen molar-refractivity contribution >= 4 is 12.0 Å². The van der Waals surface area contributed by atoms with Crippen molar-refractivity contribution in [1.82, 2.24) is 15.1 Å². The van der Waals surface area contributed by atoms with Gasteiger partial charge in [0.05, 0.1) is 5.92 Å². The molecule has 0 bridgehead atoms. The molecule has 2 N–H and O–H groups in total. The normalized spacial score (nSPS) is 23.8. The van der Waals surface area contributed by atoms with Crippen LogP contribution in [0.3, 0.4) is 0 Å². The lowest BCUT2D eigenvalue weighted by atomic mass is 9.78. The second-order valence-electron chi connectivity index (χ2n) is 13.3. The number of hydrogen-bond donors (Lipinski definition) is 2. The van der Waals surface area contributed by atoms with Gasteiger partial charge in [-0.1, -0.05) is 48.6 Å². The molecule has 2 fully saturated rings. The van der Waals surface area contributed by atoms with Crippen LogP contribution in [0.2, 0.25) is 0 Å². The Morgan fingerprint density at radius 3 is 2.60 bits per heavy atom. The number of likely N-dealkylation sites (tertiary alicyclic amines) is 1. The molecular weight excluding hydrogens is 526 g/mol. The molecule has 2 amide bonds. The monoisotopic (exact) mass is 569 g/mol. The standard InChI is InChI=1S/C35H43N3O4/c1-35(2,3)42-34(41)37-18-17-29(25-8-6-7-24(19-25)23-11-15-28(39)16-12-23)31(22-37)33(40)38(27-13-14-27)21-26-20-36-32-10-5-4-9-30(26)32/h4,6-9,11-12,15-16,19,26-27,29,31,36,39H,5,10,13-14,17-18,20-22H2,1-3H3/t26?,29-,31+/m1/s1. The summed E-state index contributed by atoms with van der Waals surface area (Å²) in [6.07, 6.45) is 9.03. The van der Waals surface area contributed by atoms with Gasteiger partial charge in [-0.05, 0) is 93.2 Å². The lowest BCUT2D eigenvalue weighted by Crippen LogP contribution is -2.52. The van der Waals surface area contributed by atoms with Crippen LogP contribution < -0.4 is 5.32 Å². The van der Waals surface area contributed by atoms with Gasteiger partial charge in [-0.3, -0.25) is 4.79 Å². The number of nitrogens with one attached hydrogen (secondary N) is 1. The number of carbonyl (C=O) groups is 2. The van der Waals surface area contributed by atoms with Crippen molar-refractivity contribution in [2.24, 2.45) is 11.8 Å². The zero-order chi connectivity index (χ0) is 29.4. The Balaban J connectivity index is 1.29. The van der Waals surface area contributed by atoms with Crippen LogP contribution in [0, 0.1) is 11.8 Å². The van der Waals surface area contributed by atoms with Crippen LogP contribution in [0.25, 0.3) is 11.1 Å². The van der Waals surface area contributed by atoms with E-state index in [1.54, 1.807) is 17.0 Å². The van der Waals surface area contributed by atoms with E-state index < -0.39 is 5.60 Å². The van der Waals surface area contributed by atoms with Crippen LogP contribution in [0.5, 0.6) is 5.75 Å². The molecule has 2 aromatic rings. The highest BCUT2D eigenvalue weighted by Crippen LogP contribution is 2.40. The van der Waals surface area contributed by atoms with Crippen LogP contribution in [-0.2, 0) is 9.53 Å². The minimum atomic E-state index is -0.597. The lowest BCUT2D eigenvalue weighted by Gasteiger charge is -2.41. The van der Waals surface area contributed by atoms with Crippen molar-refractivity contribution in [1.29, 1.82) is 0 Å². The number of ether oxygens (including phenoxy) is 1. The minimum Gasteiger partial charge on any atom is -0.508 e. The fourth-order valence-electron chi connectivity index (χ4n) is 6.73. The first-order chi connectivity index (χ1) is 20.2. The van der Waals surface area contributed by atoms with Crippen LogP contribution in [0.4, 0.5) is 4.79 Å². The van der Waals surface area contributed by atoms with Crippen molar-refractivity contribution in [3.05, 3.63) is 77.5 Å². The fourth-order valence-corrected chi connectivity index (χ4v) is 6.73. The molecule has 0 radical (unpaired) electrons. The third-order valence-electron chi connectivity index (χ3n) is 8.99. The molecule has 2 aliphatic carbocycles. The number of hydrogen-bond acceptors (Lipinski definition) is 5. The van der Waals surface area contributed by atoms with Crippen molar-refractivity contribution in [2.75, 3.05) is 26.2 Å². The van der Waals surface area contributed by atoms with Crippen molar-refractivity contribution in [3.63, 3.8) is 0 Å². The third kappa shape index (κ3) is 6.20. The van der Waals surface area contributed by atoms with Crippen molar-refractivity contribution in [3.8, 4) is 16.9 Å². The van der Waals surface area contributed by atoms with Gasteiger partial charge >= 0.3 is 6.09 Å². The Morgan fingerprint density at radius 1 is 1.07 bits per heavy atom. The number of benzene rings is 2. The highest BCUT2D eigenvalue weighted by molar-refractivity contribution is 5.82. The maximum Gasteiger partial charge on any atom is 0.410 e. The van der Waals surface area contributed by atoms with Crippen LogP contribution >= 0.6 is 0 Å².